The van der Waals surface area contributed by atoms with E-state index in [2.05, 4.69) is 0 Å². The van der Waals surface area contributed by atoms with Crippen molar-refractivity contribution >= 4 is 32.6 Å². The molecule has 0 N–H and O–H groups in total. The van der Waals surface area contributed by atoms with Gasteiger partial charge in [-0.05, 0) is 0 Å². The second-order valence-corrected chi connectivity index (χ2v) is 7.40. The van der Waals surface area contributed by atoms with Gasteiger partial charge in [0.05, 0.1) is 0 Å². The van der Waals surface area contributed by atoms with Gasteiger partial charge in [-0.15, -0.1) is 0 Å². The van der Waals surface area contributed by atoms with E-state index in [1.165, 1.54) is 10.5 Å². The summed E-state index contributed by atoms with van der Waals surface area (Å²) in [6.07, 6.45) is 11.0. The van der Waals surface area contributed by atoms with Crippen LogP contribution >= 0.6 is 7.92 Å². The standard InChI is InChI=1S/C8H16P.Bi/c1-2-3-6-9-7-4-5-8-9;/h1-8H2;. The number of hydrogen-bond donors (Lipinski definition) is 0. The van der Waals surface area contributed by atoms with Crippen LogP contribution in [0.15, 0.2) is 0 Å². The predicted octanol–water partition coefficient (Wildman–Crippen LogP) is 2.63. The van der Waals surface area contributed by atoms with Crippen molar-refractivity contribution in [2.24, 2.45) is 0 Å². The third-order valence-corrected chi connectivity index (χ3v) is 6.16. The minimum absolute atomic E-state index is 0.556. The molecule has 0 saturated carbocycles. The first kappa shape index (κ1) is 9.40. The summed E-state index contributed by atoms with van der Waals surface area (Å²) >= 11 is 1.60. The molecule has 0 aromatic rings. The first-order valence-electron chi connectivity index (χ1n) is 4.26. The number of rotatable bonds is 4. The van der Waals surface area contributed by atoms with Gasteiger partial charge in [0.1, 0.15) is 0 Å². The zero-order valence-electron chi connectivity index (χ0n) is 6.55. The molecule has 1 saturated heterocycles. The molecule has 1 fully saturated rings. The van der Waals surface area contributed by atoms with Crippen molar-refractivity contribution in [3.05, 3.63) is 0 Å². The Labute approximate surface area is 80.8 Å². The van der Waals surface area contributed by atoms with Crippen molar-refractivity contribution in [2.75, 3.05) is 18.5 Å². The predicted molar refractivity (Wildman–Crippen MR) is 50.6 cm³/mol. The van der Waals surface area contributed by atoms with Crippen LogP contribution in [-0.4, -0.2) is 43.2 Å². The summed E-state index contributed by atoms with van der Waals surface area (Å²) in [5.74, 6) is 0. The van der Waals surface area contributed by atoms with Crippen molar-refractivity contribution in [1.82, 2.24) is 0 Å². The van der Waals surface area contributed by atoms with Crippen LogP contribution in [0.2, 0.25) is 4.13 Å². The van der Waals surface area contributed by atoms with Crippen molar-refractivity contribution in [3.8, 4) is 0 Å². The molecule has 0 aromatic carbocycles. The Morgan fingerprint density at radius 1 is 1.10 bits per heavy atom. The zero-order valence-corrected chi connectivity index (χ0v) is 10.9. The van der Waals surface area contributed by atoms with E-state index < -0.39 is 0 Å². The third-order valence-electron chi connectivity index (χ3n) is 2.08. The van der Waals surface area contributed by atoms with E-state index in [1.54, 1.807) is 62.5 Å². The second-order valence-electron chi connectivity index (χ2n) is 2.98. The Hall–Kier alpha value is 1.31. The summed E-state index contributed by atoms with van der Waals surface area (Å²) in [5.41, 5.74) is 0. The van der Waals surface area contributed by atoms with Crippen LogP contribution in [0.1, 0.15) is 25.7 Å². The van der Waals surface area contributed by atoms with Gasteiger partial charge in [0, 0.05) is 0 Å². The van der Waals surface area contributed by atoms with Gasteiger partial charge in [-0.2, -0.15) is 0 Å². The maximum absolute atomic E-state index is 1.61. The molecule has 0 aliphatic carbocycles. The van der Waals surface area contributed by atoms with Gasteiger partial charge in [0.2, 0.25) is 0 Å². The van der Waals surface area contributed by atoms with Crippen LogP contribution in [0.4, 0.5) is 0 Å². The second kappa shape index (κ2) is 5.90. The van der Waals surface area contributed by atoms with E-state index in [-0.39, 0.29) is 0 Å². The molecule has 2 heteroatoms. The normalized spacial score (nSPS) is 20.1. The fourth-order valence-electron chi connectivity index (χ4n) is 1.45. The van der Waals surface area contributed by atoms with E-state index in [0.717, 1.165) is 0 Å². The Kier molecular flexibility index (Phi) is 5.55. The Morgan fingerprint density at radius 2 is 1.80 bits per heavy atom. The maximum atomic E-state index is 1.61. The summed E-state index contributed by atoms with van der Waals surface area (Å²) in [7, 11) is 0.556. The van der Waals surface area contributed by atoms with Crippen LogP contribution in [-0.2, 0) is 0 Å². The van der Waals surface area contributed by atoms with Crippen LogP contribution in [0.25, 0.3) is 0 Å². The van der Waals surface area contributed by atoms with E-state index in [0.29, 0.717) is 7.92 Å². The molecule has 0 bridgehead atoms. The van der Waals surface area contributed by atoms with Crippen LogP contribution in [0.5, 0.6) is 0 Å². The van der Waals surface area contributed by atoms with E-state index >= 15 is 0 Å². The molecule has 0 atom stereocenters. The molecule has 0 unspecified atom stereocenters. The van der Waals surface area contributed by atoms with E-state index in [4.69, 9.17) is 0 Å². The third kappa shape index (κ3) is 3.63. The molecule has 0 nitrogen and oxygen atoms in total. The van der Waals surface area contributed by atoms with Gasteiger partial charge in [-0.25, -0.2) is 0 Å². The van der Waals surface area contributed by atoms with Gasteiger partial charge >= 0.3 is 80.9 Å². The van der Waals surface area contributed by atoms with Crippen LogP contribution in [0.3, 0.4) is 0 Å². The van der Waals surface area contributed by atoms with Gasteiger partial charge in [0.25, 0.3) is 0 Å². The van der Waals surface area contributed by atoms with Crippen molar-refractivity contribution in [2.45, 2.75) is 29.8 Å². The molecule has 2 radical (unpaired) electrons. The van der Waals surface area contributed by atoms with Gasteiger partial charge in [-0.3, -0.25) is 0 Å². The van der Waals surface area contributed by atoms with Crippen LogP contribution in [0, 0.1) is 0 Å². The average molecular weight is 352 g/mol. The summed E-state index contributed by atoms with van der Waals surface area (Å²) < 4.78 is 1.50. The molecule has 0 amide bonds. The van der Waals surface area contributed by atoms with E-state index in [1.807, 2.05) is 0 Å². The summed E-state index contributed by atoms with van der Waals surface area (Å²) in [6, 6.07) is 0. The summed E-state index contributed by atoms with van der Waals surface area (Å²) in [5, 5.41) is 0. The number of unbranched alkanes of at least 4 members (excludes halogenated alkanes) is 1. The van der Waals surface area contributed by atoms with Crippen LogP contribution < -0.4 is 0 Å². The number of hydrogen-bond acceptors (Lipinski definition) is 0. The Bertz CT molecular complexity index is 79.3. The van der Waals surface area contributed by atoms with Crippen molar-refractivity contribution < 1.29 is 0 Å². The molecule has 1 heterocycles. The molecule has 10 heavy (non-hydrogen) atoms. The molecule has 0 aromatic heterocycles. The monoisotopic (exact) mass is 352 g/mol. The molecule has 1 aliphatic heterocycles. The first-order valence-corrected chi connectivity index (χ1v) is 8.62. The molecule has 1 aliphatic rings. The van der Waals surface area contributed by atoms with Gasteiger partial charge in [0.15, 0.2) is 0 Å². The molecular weight excluding hydrogens is 336 g/mol. The van der Waals surface area contributed by atoms with Gasteiger partial charge in [-0.1, -0.05) is 0 Å². The minimum atomic E-state index is 0.556. The fraction of sp³-hybridized carbons (Fsp3) is 1.00. The topological polar surface area (TPSA) is 0 Å². The quantitative estimate of drug-likeness (QED) is 0.415. The summed E-state index contributed by atoms with van der Waals surface area (Å²) in [6.45, 7) is 0. The fourth-order valence-corrected chi connectivity index (χ4v) is 5.01. The molecule has 1 rings (SSSR count). The molecular formula is C8H16BiP. The Morgan fingerprint density at radius 3 is 2.40 bits per heavy atom. The van der Waals surface area contributed by atoms with E-state index in [9.17, 15) is 0 Å². The SMILES string of the molecule is [Bi][CH2]CCCP1CCCC1. The summed E-state index contributed by atoms with van der Waals surface area (Å²) in [4.78, 5) is 0. The Balaban J connectivity index is 1.91. The molecule has 0 spiro atoms. The average Bonchev–Trinajstić information content (AvgIpc) is 2.41. The van der Waals surface area contributed by atoms with Crippen molar-refractivity contribution in [1.29, 1.82) is 0 Å². The molecule has 58 valence electrons. The van der Waals surface area contributed by atoms with Gasteiger partial charge < -0.3 is 0 Å². The zero-order chi connectivity index (χ0) is 7.23. The van der Waals surface area contributed by atoms with Crippen molar-refractivity contribution in [3.63, 3.8) is 0 Å². The first-order chi connectivity index (χ1) is 4.93.